The minimum atomic E-state index is -0.659. The third kappa shape index (κ3) is 5.42. The number of hydrogen-bond donors (Lipinski definition) is 0. The number of rotatable bonds is 8. The smallest absolute Gasteiger partial charge is 0.338 e. The van der Waals surface area contributed by atoms with Crippen LogP contribution in [-0.2, 0) is 19.1 Å². The fraction of sp³-hybridized carbons (Fsp3) is 0.407. The van der Waals surface area contributed by atoms with E-state index in [-0.39, 0.29) is 24.8 Å². The van der Waals surface area contributed by atoms with Gasteiger partial charge < -0.3 is 28.9 Å². The SMILES string of the molecule is C=CCOC(=O)C1=C(C)N=C2SC=C(CC(=O)N3CCN(C(C)=O)CC3)N2[C@@H]1c1cc(OC)ccc1OC. The zero-order chi connectivity index (χ0) is 27.4. The summed E-state index contributed by atoms with van der Waals surface area (Å²) < 4.78 is 16.6. The van der Waals surface area contributed by atoms with E-state index in [1.807, 2.05) is 16.4 Å². The number of ether oxygens (including phenoxy) is 3. The van der Waals surface area contributed by atoms with Gasteiger partial charge in [-0.05, 0) is 30.5 Å². The van der Waals surface area contributed by atoms with Crippen LogP contribution in [0.1, 0.15) is 31.9 Å². The van der Waals surface area contributed by atoms with Crippen molar-refractivity contribution in [2.24, 2.45) is 4.99 Å². The summed E-state index contributed by atoms with van der Waals surface area (Å²) in [4.78, 5) is 48.5. The predicted octanol–water partition coefficient (Wildman–Crippen LogP) is 3.09. The number of aliphatic imine (C=N–C) groups is 1. The summed E-state index contributed by atoms with van der Waals surface area (Å²) in [7, 11) is 3.14. The lowest BCUT2D eigenvalue weighted by Crippen LogP contribution is -2.50. The van der Waals surface area contributed by atoms with Gasteiger partial charge in [-0.1, -0.05) is 24.4 Å². The molecule has 202 valence electrons. The molecule has 2 amide bonds. The molecule has 0 aliphatic carbocycles. The maximum Gasteiger partial charge on any atom is 0.338 e. The van der Waals surface area contributed by atoms with Crippen molar-refractivity contribution >= 4 is 34.7 Å². The van der Waals surface area contributed by atoms with Crippen LogP contribution in [-0.4, -0.2) is 84.7 Å². The van der Waals surface area contributed by atoms with Gasteiger partial charge in [-0.2, -0.15) is 0 Å². The Kier molecular flexibility index (Phi) is 8.45. The second-order valence-corrected chi connectivity index (χ2v) is 9.79. The van der Waals surface area contributed by atoms with Crippen LogP contribution in [0.25, 0.3) is 0 Å². The van der Waals surface area contributed by atoms with Crippen molar-refractivity contribution in [1.82, 2.24) is 14.7 Å². The van der Waals surface area contributed by atoms with Crippen molar-refractivity contribution in [2.45, 2.75) is 26.3 Å². The molecule has 0 radical (unpaired) electrons. The summed E-state index contributed by atoms with van der Waals surface area (Å²) in [6, 6.07) is 4.73. The lowest BCUT2D eigenvalue weighted by Gasteiger charge is -2.38. The van der Waals surface area contributed by atoms with E-state index in [0.29, 0.717) is 65.4 Å². The monoisotopic (exact) mass is 540 g/mol. The molecule has 1 aromatic rings. The van der Waals surface area contributed by atoms with E-state index in [0.717, 1.165) is 0 Å². The molecule has 1 atom stereocenters. The average Bonchev–Trinajstić information content (AvgIpc) is 3.32. The number of carbonyl (C=O) groups is 3. The third-order valence-electron chi connectivity index (χ3n) is 6.69. The van der Waals surface area contributed by atoms with E-state index in [1.54, 1.807) is 43.1 Å². The standard InChI is InChI=1S/C27H32N4O6S/c1-6-13-37-26(34)24-17(2)28-27-31(25(24)21-15-20(35-4)7-8-22(21)36-5)19(16-38-27)14-23(33)30-11-9-29(10-12-30)18(3)32/h6-8,15-16,25H,1,9-14H2,2-5H3/t25-/m1/s1. The van der Waals surface area contributed by atoms with Gasteiger partial charge in [0.25, 0.3) is 0 Å². The Bertz CT molecular complexity index is 1230. The highest BCUT2D eigenvalue weighted by Crippen LogP contribution is 2.47. The molecule has 11 heteroatoms. The Labute approximate surface area is 226 Å². The Morgan fingerprint density at radius 1 is 1.13 bits per heavy atom. The molecule has 1 fully saturated rings. The minimum Gasteiger partial charge on any atom is -0.497 e. The number of allylic oxidation sites excluding steroid dienone is 1. The molecule has 1 aromatic carbocycles. The number of piperazine rings is 1. The fourth-order valence-electron chi connectivity index (χ4n) is 4.73. The summed E-state index contributed by atoms with van der Waals surface area (Å²) >= 11 is 1.40. The predicted molar refractivity (Wildman–Crippen MR) is 145 cm³/mol. The normalized spacial score (nSPS) is 18.9. The molecule has 3 aliphatic rings. The van der Waals surface area contributed by atoms with Crippen LogP contribution in [0, 0.1) is 0 Å². The quantitative estimate of drug-likeness (QED) is 0.366. The first-order chi connectivity index (χ1) is 18.3. The van der Waals surface area contributed by atoms with E-state index in [1.165, 1.54) is 24.8 Å². The van der Waals surface area contributed by atoms with Crippen LogP contribution in [0.3, 0.4) is 0 Å². The molecule has 0 unspecified atom stereocenters. The first-order valence-electron chi connectivity index (χ1n) is 12.3. The van der Waals surface area contributed by atoms with Crippen molar-refractivity contribution in [3.8, 4) is 11.5 Å². The number of hydrogen-bond acceptors (Lipinski definition) is 9. The van der Waals surface area contributed by atoms with Crippen molar-refractivity contribution < 1.29 is 28.6 Å². The molecule has 3 heterocycles. The number of amides is 2. The Morgan fingerprint density at radius 2 is 1.84 bits per heavy atom. The molecule has 0 spiro atoms. The van der Waals surface area contributed by atoms with Crippen molar-refractivity contribution in [1.29, 1.82) is 0 Å². The van der Waals surface area contributed by atoms with Gasteiger partial charge in [-0.3, -0.25) is 9.59 Å². The molecule has 0 aromatic heterocycles. The van der Waals surface area contributed by atoms with E-state index in [9.17, 15) is 14.4 Å². The molecule has 1 saturated heterocycles. The van der Waals surface area contributed by atoms with Crippen LogP contribution < -0.4 is 9.47 Å². The summed E-state index contributed by atoms with van der Waals surface area (Å²) in [5.74, 6) is 0.580. The van der Waals surface area contributed by atoms with Gasteiger partial charge in [0, 0.05) is 44.4 Å². The third-order valence-corrected chi connectivity index (χ3v) is 7.58. The van der Waals surface area contributed by atoms with Crippen molar-refractivity contribution in [2.75, 3.05) is 47.0 Å². The van der Waals surface area contributed by atoms with Gasteiger partial charge in [-0.25, -0.2) is 9.79 Å². The molecular formula is C27H32N4O6S. The minimum absolute atomic E-state index is 0.00859. The van der Waals surface area contributed by atoms with Gasteiger partial charge >= 0.3 is 5.97 Å². The second-order valence-electron chi connectivity index (χ2n) is 8.95. The molecule has 38 heavy (non-hydrogen) atoms. The van der Waals surface area contributed by atoms with Gasteiger partial charge in [0.1, 0.15) is 18.1 Å². The molecule has 0 N–H and O–H groups in total. The van der Waals surface area contributed by atoms with E-state index < -0.39 is 12.0 Å². The second kappa shape index (κ2) is 11.8. The number of methoxy groups -OCH3 is 2. The molecule has 0 bridgehead atoms. The van der Waals surface area contributed by atoms with Crippen LogP contribution in [0.4, 0.5) is 0 Å². The van der Waals surface area contributed by atoms with E-state index >= 15 is 0 Å². The van der Waals surface area contributed by atoms with E-state index in [2.05, 4.69) is 6.58 Å². The Balaban J connectivity index is 1.69. The molecular weight excluding hydrogens is 508 g/mol. The fourth-order valence-corrected chi connectivity index (χ4v) is 5.69. The maximum absolute atomic E-state index is 13.3. The lowest BCUT2D eigenvalue weighted by molar-refractivity contribution is -0.138. The molecule has 10 nitrogen and oxygen atoms in total. The summed E-state index contributed by atoms with van der Waals surface area (Å²) in [6.45, 7) is 8.97. The Morgan fingerprint density at radius 3 is 2.47 bits per heavy atom. The van der Waals surface area contributed by atoms with Crippen LogP contribution in [0.5, 0.6) is 11.5 Å². The van der Waals surface area contributed by atoms with Crippen molar-refractivity contribution in [3.05, 3.63) is 58.8 Å². The number of nitrogens with zero attached hydrogens (tertiary/aromatic N) is 4. The highest BCUT2D eigenvalue weighted by atomic mass is 32.2. The maximum atomic E-state index is 13.3. The van der Waals surface area contributed by atoms with Crippen molar-refractivity contribution in [3.63, 3.8) is 0 Å². The van der Waals surface area contributed by atoms with Gasteiger partial charge in [-0.15, -0.1) is 0 Å². The van der Waals surface area contributed by atoms with Crippen LogP contribution >= 0.6 is 11.8 Å². The van der Waals surface area contributed by atoms with Gasteiger partial charge in [0.05, 0.1) is 38.0 Å². The summed E-state index contributed by atoms with van der Waals surface area (Å²) in [5.41, 5.74) is 2.26. The van der Waals surface area contributed by atoms with Crippen LogP contribution in [0.2, 0.25) is 0 Å². The zero-order valence-electron chi connectivity index (χ0n) is 22.1. The van der Waals surface area contributed by atoms with Gasteiger partial charge in [0.15, 0.2) is 5.17 Å². The number of carbonyl (C=O) groups excluding carboxylic acids is 3. The Hall–Kier alpha value is -3.73. The highest BCUT2D eigenvalue weighted by Gasteiger charge is 2.43. The summed E-state index contributed by atoms with van der Waals surface area (Å²) in [6.07, 6.45) is 1.62. The number of fused-ring (bicyclic) bond motifs is 1. The first kappa shape index (κ1) is 27.3. The number of thioether (sulfide) groups is 1. The molecule has 0 saturated carbocycles. The summed E-state index contributed by atoms with van der Waals surface area (Å²) in [5, 5.41) is 2.55. The first-order valence-corrected chi connectivity index (χ1v) is 13.1. The highest BCUT2D eigenvalue weighted by molar-refractivity contribution is 8.16. The van der Waals surface area contributed by atoms with Crippen LogP contribution in [0.15, 0.2) is 58.2 Å². The zero-order valence-corrected chi connectivity index (χ0v) is 22.9. The molecule has 4 rings (SSSR count). The largest absolute Gasteiger partial charge is 0.497 e. The lowest BCUT2D eigenvalue weighted by atomic mass is 9.92. The number of benzene rings is 1. The number of esters is 1. The molecule has 3 aliphatic heterocycles. The topological polar surface area (TPSA) is 101 Å². The average molecular weight is 541 g/mol. The van der Waals surface area contributed by atoms with Gasteiger partial charge in [0.2, 0.25) is 11.8 Å². The number of amidine groups is 1. The van der Waals surface area contributed by atoms with E-state index in [4.69, 9.17) is 19.2 Å².